The Kier molecular flexibility index (Phi) is 5.01. The number of carbonyl (C=O) groups excluding carboxylic acids is 2. The molecule has 2 amide bonds. The summed E-state index contributed by atoms with van der Waals surface area (Å²) in [6.45, 7) is 5.98. The van der Waals surface area contributed by atoms with Gasteiger partial charge in [0.1, 0.15) is 5.75 Å². The van der Waals surface area contributed by atoms with Crippen LogP contribution in [0.4, 0.5) is 11.4 Å². The normalized spacial score (nSPS) is 10.4. The molecule has 0 saturated heterocycles. The summed E-state index contributed by atoms with van der Waals surface area (Å²) in [4.78, 5) is 23.8. The van der Waals surface area contributed by atoms with Crippen LogP contribution in [0, 0.1) is 6.92 Å². The number of anilines is 2. The van der Waals surface area contributed by atoms with Gasteiger partial charge in [-0.15, -0.1) is 0 Å². The van der Waals surface area contributed by atoms with Gasteiger partial charge in [0.2, 0.25) is 0 Å². The number of aromatic hydroxyl groups is 1. The summed E-state index contributed by atoms with van der Waals surface area (Å²) in [5.74, 6) is -1.31. The summed E-state index contributed by atoms with van der Waals surface area (Å²) in [5.41, 5.74) is 2.75. The van der Waals surface area contributed by atoms with Crippen molar-refractivity contribution in [3.05, 3.63) is 53.6 Å². The van der Waals surface area contributed by atoms with Gasteiger partial charge in [-0.2, -0.15) is 0 Å². The second-order valence-electron chi connectivity index (χ2n) is 5.71. The van der Waals surface area contributed by atoms with E-state index in [2.05, 4.69) is 24.5 Å². The van der Waals surface area contributed by atoms with Crippen molar-refractivity contribution >= 4 is 23.2 Å². The first-order valence-corrected chi connectivity index (χ1v) is 7.38. The molecule has 0 radical (unpaired) electrons. The molecule has 0 atom stereocenters. The molecule has 5 heteroatoms. The van der Waals surface area contributed by atoms with E-state index >= 15 is 0 Å². The lowest BCUT2D eigenvalue weighted by molar-refractivity contribution is -0.133. The van der Waals surface area contributed by atoms with E-state index in [1.54, 1.807) is 24.3 Å². The molecule has 0 spiro atoms. The van der Waals surface area contributed by atoms with E-state index in [0.717, 1.165) is 11.1 Å². The molecule has 3 N–H and O–H groups in total. The molecule has 120 valence electrons. The summed E-state index contributed by atoms with van der Waals surface area (Å²) in [6, 6.07) is 12.1. The monoisotopic (exact) mass is 312 g/mol. The molecule has 0 aliphatic carbocycles. The molecule has 0 heterocycles. The number of amides is 2. The summed E-state index contributed by atoms with van der Waals surface area (Å²) < 4.78 is 0. The number of phenols is 1. The van der Waals surface area contributed by atoms with Crippen LogP contribution < -0.4 is 10.6 Å². The van der Waals surface area contributed by atoms with Gasteiger partial charge in [-0.25, -0.2) is 0 Å². The largest absolute Gasteiger partial charge is 0.506 e. The lowest BCUT2D eigenvalue weighted by atomic mass is 10.0. The van der Waals surface area contributed by atoms with Crippen molar-refractivity contribution < 1.29 is 14.7 Å². The summed E-state index contributed by atoms with van der Waals surface area (Å²) in [7, 11) is 0. The number of carbonyl (C=O) groups is 2. The van der Waals surface area contributed by atoms with Crippen LogP contribution in [0.2, 0.25) is 0 Å². The molecule has 0 aliphatic rings. The Balaban J connectivity index is 2.01. The van der Waals surface area contributed by atoms with Crippen LogP contribution in [0.25, 0.3) is 0 Å². The molecule has 2 rings (SSSR count). The minimum absolute atomic E-state index is 0.0764. The maximum atomic E-state index is 11.9. The number of benzene rings is 2. The first kappa shape index (κ1) is 16.5. The van der Waals surface area contributed by atoms with E-state index in [4.69, 9.17) is 0 Å². The fourth-order valence-electron chi connectivity index (χ4n) is 2.07. The third-order valence-electron chi connectivity index (χ3n) is 3.44. The van der Waals surface area contributed by atoms with Gasteiger partial charge < -0.3 is 15.7 Å². The van der Waals surface area contributed by atoms with E-state index < -0.39 is 11.8 Å². The van der Waals surface area contributed by atoms with E-state index in [0.29, 0.717) is 11.6 Å². The van der Waals surface area contributed by atoms with E-state index in [1.807, 2.05) is 19.1 Å². The summed E-state index contributed by atoms with van der Waals surface area (Å²) in [5, 5.41) is 14.7. The number of hydrogen-bond donors (Lipinski definition) is 3. The number of aryl methyl sites for hydroxylation is 1. The molecule has 0 aromatic heterocycles. The van der Waals surface area contributed by atoms with Crippen molar-refractivity contribution in [3.8, 4) is 5.75 Å². The number of phenolic OH excluding ortho intramolecular Hbond substituents is 1. The summed E-state index contributed by atoms with van der Waals surface area (Å²) in [6.07, 6.45) is 0. The molecule has 0 fully saturated rings. The highest BCUT2D eigenvalue weighted by Gasteiger charge is 2.15. The highest BCUT2D eigenvalue weighted by Crippen LogP contribution is 2.24. The quantitative estimate of drug-likeness (QED) is 0.600. The first-order chi connectivity index (χ1) is 10.9. The zero-order valence-electron chi connectivity index (χ0n) is 13.4. The van der Waals surface area contributed by atoms with Gasteiger partial charge in [0.15, 0.2) is 0 Å². The maximum Gasteiger partial charge on any atom is 0.314 e. The van der Waals surface area contributed by atoms with Crippen molar-refractivity contribution in [1.29, 1.82) is 0 Å². The van der Waals surface area contributed by atoms with E-state index in [9.17, 15) is 14.7 Å². The Labute approximate surface area is 135 Å². The Bertz CT molecular complexity index is 722. The predicted molar refractivity (Wildman–Crippen MR) is 90.6 cm³/mol. The van der Waals surface area contributed by atoms with Gasteiger partial charge in [-0.3, -0.25) is 9.59 Å². The highest BCUT2D eigenvalue weighted by atomic mass is 16.3. The molecule has 2 aromatic rings. The lowest BCUT2D eigenvalue weighted by Crippen LogP contribution is -2.29. The van der Waals surface area contributed by atoms with Crippen molar-refractivity contribution in [2.45, 2.75) is 26.7 Å². The van der Waals surface area contributed by atoms with Gasteiger partial charge in [-0.1, -0.05) is 32.0 Å². The molecule has 0 saturated carbocycles. The molecule has 0 aliphatic heterocycles. The van der Waals surface area contributed by atoms with Crippen LogP contribution >= 0.6 is 0 Å². The number of rotatable bonds is 3. The zero-order chi connectivity index (χ0) is 17.0. The maximum absolute atomic E-state index is 11.9. The van der Waals surface area contributed by atoms with E-state index in [-0.39, 0.29) is 11.4 Å². The number of nitrogens with one attached hydrogen (secondary N) is 2. The third-order valence-corrected chi connectivity index (χ3v) is 3.44. The van der Waals surface area contributed by atoms with Crippen LogP contribution in [-0.4, -0.2) is 16.9 Å². The van der Waals surface area contributed by atoms with Gasteiger partial charge in [-0.05, 0) is 48.2 Å². The minimum Gasteiger partial charge on any atom is -0.506 e. The Hall–Kier alpha value is -2.82. The molecular weight excluding hydrogens is 292 g/mol. The predicted octanol–water partition coefficient (Wildman–Crippen LogP) is 3.40. The number of hydrogen-bond acceptors (Lipinski definition) is 3. The average molecular weight is 312 g/mol. The van der Waals surface area contributed by atoms with Crippen molar-refractivity contribution in [2.24, 2.45) is 0 Å². The topological polar surface area (TPSA) is 78.4 Å². The van der Waals surface area contributed by atoms with Crippen LogP contribution in [0.1, 0.15) is 30.9 Å². The Morgan fingerprint density at radius 2 is 1.57 bits per heavy atom. The first-order valence-electron chi connectivity index (χ1n) is 7.38. The molecule has 2 aromatic carbocycles. The third kappa shape index (κ3) is 4.32. The van der Waals surface area contributed by atoms with Crippen molar-refractivity contribution in [3.63, 3.8) is 0 Å². The average Bonchev–Trinajstić information content (AvgIpc) is 2.50. The van der Waals surface area contributed by atoms with Gasteiger partial charge >= 0.3 is 11.8 Å². The van der Waals surface area contributed by atoms with Crippen LogP contribution in [0.3, 0.4) is 0 Å². The molecule has 0 bridgehead atoms. The fourth-order valence-corrected chi connectivity index (χ4v) is 2.07. The standard InChI is InChI=1S/C18H20N2O3/c1-11(2)13-5-7-14(8-6-13)19-17(22)18(23)20-15-9-4-12(3)10-16(15)21/h4-11,21H,1-3H3,(H,19,22)(H,20,23). The lowest BCUT2D eigenvalue weighted by Gasteiger charge is -2.10. The molecule has 0 unspecified atom stereocenters. The SMILES string of the molecule is Cc1ccc(NC(=O)C(=O)Nc2ccc(C(C)C)cc2)c(O)c1. The summed E-state index contributed by atoms with van der Waals surface area (Å²) >= 11 is 0. The molecule has 23 heavy (non-hydrogen) atoms. The Morgan fingerprint density at radius 3 is 2.13 bits per heavy atom. The van der Waals surface area contributed by atoms with Crippen LogP contribution in [0.15, 0.2) is 42.5 Å². The minimum atomic E-state index is -0.836. The van der Waals surface area contributed by atoms with Gasteiger partial charge in [0.25, 0.3) is 0 Å². The van der Waals surface area contributed by atoms with Crippen LogP contribution in [0.5, 0.6) is 5.75 Å². The second-order valence-corrected chi connectivity index (χ2v) is 5.71. The smallest absolute Gasteiger partial charge is 0.314 e. The Morgan fingerprint density at radius 1 is 0.957 bits per heavy atom. The molecular formula is C18H20N2O3. The second kappa shape index (κ2) is 6.96. The van der Waals surface area contributed by atoms with Crippen LogP contribution in [-0.2, 0) is 9.59 Å². The molecule has 5 nitrogen and oxygen atoms in total. The zero-order valence-corrected chi connectivity index (χ0v) is 13.4. The van der Waals surface area contributed by atoms with Crippen molar-refractivity contribution in [2.75, 3.05) is 10.6 Å². The van der Waals surface area contributed by atoms with Gasteiger partial charge in [0, 0.05) is 5.69 Å². The highest BCUT2D eigenvalue weighted by molar-refractivity contribution is 6.43. The van der Waals surface area contributed by atoms with Crippen molar-refractivity contribution in [1.82, 2.24) is 0 Å². The van der Waals surface area contributed by atoms with Gasteiger partial charge in [0.05, 0.1) is 5.69 Å². The fraction of sp³-hybridized carbons (Fsp3) is 0.222. The van der Waals surface area contributed by atoms with E-state index in [1.165, 1.54) is 6.07 Å².